The molecule has 0 heterocycles. The summed E-state index contributed by atoms with van der Waals surface area (Å²) in [5, 5.41) is 1.07. The molecular formula is C30H47NdO2P. The standard InChI is InChI=1S/C30H47O2P.Nd/c1-3-5-7-9-11-13-15-17-27-19-23-29(24-20-27)33(31,32)30-25-21-28(22-26-30)18-16-14-12-10-8-6-4-2;/h19-26H,3-18H2,1-2H3,(H,31,32);. The molecule has 0 saturated heterocycles. The van der Waals surface area contributed by atoms with Crippen LogP contribution in [0.3, 0.4) is 0 Å². The van der Waals surface area contributed by atoms with E-state index in [1.807, 2.05) is 48.5 Å². The molecule has 0 bridgehead atoms. The molecule has 2 aromatic rings. The van der Waals surface area contributed by atoms with Crippen molar-refractivity contribution >= 4 is 18.0 Å². The van der Waals surface area contributed by atoms with Crippen LogP contribution in [0.2, 0.25) is 0 Å². The summed E-state index contributed by atoms with van der Waals surface area (Å²) in [6.45, 7) is 4.50. The van der Waals surface area contributed by atoms with E-state index < -0.39 is 7.37 Å². The fourth-order valence-corrected chi connectivity index (χ4v) is 5.86. The van der Waals surface area contributed by atoms with Crippen molar-refractivity contribution < 1.29 is 50.3 Å². The predicted molar refractivity (Wildman–Crippen MR) is 145 cm³/mol. The van der Waals surface area contributed by atoms with E-state index >= 15 is 0 Å². The van der Waals surface area contributed by atoms with Gasteiger partial charge in [-0.25, -0.2) is 0 Å². The topological polar surface area (TPSA) is 37.3 Å². The summed E-state index contributed by atoms with van der Waals surface area (Å²) in [6.07, 6.45) is 20.4. The zero-order valence-electron chi connectivity index (χ0n) is 21.7. The smallest absolute Gasteiger partial charge is 0.258 e. The molecule has 0 saturated carbocycles. The van der Waals surface area contributed by atoms with Gasteiger partial charge in [0.15, 0.2) is 0 Å². The molecule has 0 unspecified atom stereocenters. The van der Waals surface area contributed by atoms with Gasteiger partial charge in [-0.1, -0.05) is 115 Å². The van der Waals surface area contributed by atoms with Crippen molar-refractivity contribution in [3.05, 3.63) is 59.7 Å². The maximum Gasteiger partial charge on any atom is 0.258 e. The molecule has 1 N–H and O–H groups in total. The van der Waals surface area contributed by atoms with Crippen LogP contribution < -0.4 is 10.6 Å². The molecule has 0 aliphatic heterocycles. The summed E-state index contributed by atoms with van der Waals surface area (Å²) < 4.78 is 13.2. The van der Waals surface area contributed by atoms with Crippen molar-refractivity contribution in [2.24, 2.45) is 0 Å². The SMILES string of the molecule is CCCCCCCCCc1ccc(P(=O)(O)c2ccc(CCCCCCCCC)cc2)cc1.[Nd]. The summed E-state index contributed by atoms with van der Waals surface area (Å²) in [5.41, 5.74) is 2.52. The van der Waals surface area contributed by atoms with Crippen LogP contribution in [0.1, 0.15) is 115 Å². The molecule has 0 radical (unpaired) electrons. The van der Waals surface area contributed by atoms with Gasteiger partial charge in [-0.15, -0.1) is 0 Å². The maximum atomic E-state index is 13.2. The van der Waals surface area contributed by atoms with E-state index in [-0.39, 0.29) is 40.8 Å². The number of rotatable bonds is 18. The molecule has 188 valence electrons. The molecule has 0 aliphatic rings. The first kappa shape index (κ1) is 32.0. The quantitative estimate of drug-likeness (QED) is 0.135. The van der Waals surface area contributed by atoms with E-state index in [0.29, 0.717) is 10.6 Å². The third-order valence-corrected chi connectivity index (χ3v) is 8.71. The molecule has 2 rings (SSSR count). The van der Waals surface area contributed by atoms with Gasteiger partial charge in [0, 0.05) is 51.4 Å². The largest absolute Gasteiger partial charge is 0.338 e. The summed E-state index contributed by atoms with van der Waals surface area (Å²) in [5.74, 6) is 0. The zero-order valence-corrected chi connectivity index (χ0v) is 25.8. The Labute approximate surface area is 242 Å². The van der Waals surface area contributed by atoms with Gasteiger partial charge in [-0.05, 0) is 61.1 Å². The van der Waals surface area contributed by atoms with E-state index in [9.17, 15) is 9.46 Å². The predicted octanol–water partition coefficient (Wildman–Crippen LogP) is 8.49. The second-order valence-electron chi connectivity index (χ2n) is 9.65. The van der Waals surface area contributed by atoms with E-state index in [2.05, 4.69) is 13.8 Å². The summed E-state index contributed by atoms with van der Waals surface area (Å²) in [4.78, 5) is 10.8. The normalized spacial score (nSPS) is 11.4. The third-order valence-electron chi connectivity index (χ3n) is 6.71. The first-order chi connectivity index (χ1) is 16.1. The molecular weight excluding hydrogens is 568 g/mol. The zero-order chi connectivity index (χ0) is 23.8. The molecule has 0 aliphatic carbocycles. The molecule has 0 spiro atoms. The van der Waals surface area contributed by atoms with Gasteiger partial charge in [0.1, 0.15) is 0 Å². The van der Waals surface area contributed by atoms with Crippen LogP contribution in [0, 0.1) is 40.8 Å². The fraction of sp³-hybridized carbons (Fsp3) is 0.600. The van der Waals surface area contributed by atoms with Crippen LogP contribution in [0.5, 0.6) is 0 Å². The van der Waals surface area contributed by atoms with Gasteiger partial charge >= 0.3 is 0 Å². The molecule has 0 aromatic heterocycles. The Morgan fingerprint density at radius 3 is 1.15 bits per heavy atom. The Bertz CT molecular complexity index is 736. The molecule has 0 fully saturated rings. The van der Waals surface area contributed by atoms with Gasteiger partial charge < -0.3 is 4.89 Å². The van der Waals surface area contributed by atoms with Crippen molar-refractivity contribution in [1.82, 2.24) is 0 Å². The van der Waals surface area contributed by atoms with Crippen LogP contribution in [0.25, 0.3) is 0 Å². The summed E-state index contributed by atoms with van der Waals surface area (Å²) in [7, 11) is -3.53. The van der Waals surface area contributed by atoms with Gasteiger partial charge in [-0.2, -0.15) is 0 Å². The average molecular weight is 615 g/mol. The Morgan fingerprint density at radius 1 is 0.529 bits per heavy atom. The van der Waals surface area contributed by atoms with Crippen LogP contribution in [0.15, 0.2) is 48.5 Å². The maximum absolute atomic E-state index is 13.2. The molecule has 0 atom stereocenters. The van der Waals surface area contributed by atoms with Crippen molar-refractivity contribution in [1.29, 1.82) is 0 Å². The summed E-state index contributed by atoms with van der Waals surface area (Å²) >= 11 is 0. The van der Waals surface area contributed by atoms with Gasteiger partial charge in [0.2, 0.25) is 0 Å². The first-order valence-corrected chi connectivity index (χ1v) is 15.3. The number of aryl methyl sites for hydroxylation is 2. The Morgan fingerprint density at radius 2 is 0.824 bits per heavy atom. The Balaban J connectivity index is 0.00000578. The first-order valence-electron chi connectivity index (χ1n) is 13.6. The van der Waals surface area contributed by atoms with Crippen molar-refractivity contribution in [2.75, 3.05) is 0 Å². The van der Waals surface area contributed by atoms with Crippen LogP contribution in [-0.2, 0) is 17.4 Å². The molecule has 0 amide bonds. The van der Waals surface area contributed by atoms with Crippen molar-refractivity contribution in [3.63, 3.8) is 0 Å². The minimum Gasteiger partial charge on any atom is -0.338 e. The minimum absolute atomic E-state index is 0. The molecule has 2 nitrogen and oxygen atoms in total. The number of hydrogen-bond acceptors (Lipinski definition) is 1. The average Bonchev–Trinajstić information content (AvgIpc) is 2.83. The van der Waals surface area contributed by atoms with Crippen LogP contribution >= 0.6 is 7.37 Å². The summed E-state index contributed by atoms with van der Waals surface area (Å²) in [6, 6.07) is 15.5. The van der Waals surface area contributed by atoms with Gasteiger partial charge in [-0.3, -0.25) is 4.57 Å². The van der Waals surface area contributed by atoms with Crippen molar-refractivity contribution in [3.8, 4) is 0 Å². The van der Waals surface area contributed by atoms with Gasteiger partial charge in [0.05, 0.1) is 0 Å². The second kappa shape index (κ2) is 19.1. The Hall–Kier alpha value is -0.0194. The number of hydrogen-bond donors (Lipinski definition) is 1. The molecule has 4 heteroatoms. The third kappa shape index (κ3) is 12.3. The molecule has 2 aromatic carbocycles. The number of benzene rings is 2. The molecule has 34 heavy (non-hydrogen) atoms. The van der Waals surface area contributed by atoms with Crippen molar-refractivity contribution in [2.45, 2.75) is 117 Å². The van der Waals surface area contributed by atoms with E-state index in [1.54, 1.807) is 0 Å². The number of unbranched alkanes of at least 4 members (excludes halogenated alkanes) is 12. The minimum atomic E-state index is -3.53. The van der Waals surface area contributed by atoms with E-state index in [4.69, 9.17) is 0 Å². The monoisotopic (exact) mass is 612 g/mol. The van der Waals surface area contributed by atoms with Gasteiger partial charge in [0.25, 0.3) is 7.37 Å². The van der Waals surface area contributed by atoms with Crippen LogP contribution in [0.4, 0.5) is 0 Å². The second-order valence-corrected chi connectivity index (χ2v) is 11.8. The van der Waals surface area contributed by atoms with E-state index in [0.717, 1.165) is 12.8 Å². The Kier molecular flexibility index (Phi) is 18.0. The van der Waals surface area contributed by atoms with E-state index in [1.165, 1.54) is 101 Å². The van der Waals surface area contributed by atoms with Crippen LogP contribution in [-0.4, -0.2) is 4.89 Å². The fourth-order valence-electron chi connectivity index (χ4n) is 4.45.